The van der Waals surface area contributed by atoms with Crippen LogP contribution >= 0.6 is 0 Å². The summed E-state index contributed by atoms with van der Waals surface area (Å²) in [7, 11) is -0.448. The highest BCUT2D eigenvalue weighted by molar-refractivity contribution is 6.64. The number of nitrogens with zero attached hydrogens (tertiary/aromatic N) is 1. The van der Waals surface area contributed by atoms with Crippen molar-refractivity contribution in [3.63, 3.8) is 0 Å². The highest BCUT2D eigenvalue weighted by Gasteiger charge is 2.52. The van der Waals surface area contributed by atoms with Crippen LogP contribution in [0.3, 0.4) is 0 Å². The molecule has 4 heteroatoms. The first kappa shape index (κ1) is 22.5. The molecule has 1 aliphatic heterocycles. The molecule has 1 fully saturated rings. The lowest BCUT2D eigenvalue weighted by atomic mass is 9.77. The molecule has 0 spiro atoms. The van der Waals surface area contributed by atoms with E-state index in [1.54, 1.807) is 0 Å². The number of benzene rings is 4. The molecule has 0 saturated carbocycles. The van der Waals surface area contributed by atoms with Crippen LogP contribution in [-0.4, -0.2) is 18.3 Å². The van der Waals surface area contributed by atoms with Crippen molar-refractivity contribution in [1.82, 2.24) is 0 Å². The van der Waals surface area contributed by atoms with Crippen molar-refractivity contribution in [1.29, 1.82) is 0 Å². The van der Waals surface area contributed by atoms with Crippen LogP contribution in [0.5, 0.6) is 0 Å². The molecule has 0 amide bonds. The average Bonchev–Trinajstić information content (AvgIpc) is 3.08. The summed E-state index contributed by atoms with van der Waals surface area (Å²) in [4.78, 5) is 2.27. The van der Waals surface area contributed by atoms with E-state index in [4.69, 9.17) is 9.31 Å². The molecule has 0 N–H and O–H groups in total. The monoisotopic (exact) mass is 447 g/mol. The summed E-state index contributed by atoms with van der Waals surface area (Å²) < 4.78 is 12.9. The molecule has 4 aromatic rings. The predicted octanol–water partition coefficient (Wildman–Crippen LogP) is 7.12. The Balaban J connectivity index is 1.59. The van der Waals surface area contributed by atoms with Crippen LogP contribution in [-0.2, 0) is 9.31 Å². The molecule has 0 atom stereocenters. The van der Waals surface area contributed by atoms with Crippen LogP contribution in [0.2, 0.25) is 0 Å². The Hall–Kier alpha value is -3.34. The molecular weight excluding hydrogens is 417 g/mol. The SMILES string of the molecule is CC1(C)OB(c2ccccc2N(c2ccccc2)c2ccc(-c3ccccc3)cc2)OC1(C)C. The van der Waals surface area contributed by atoms with Gasteiger partial charge in [-0.15, -0.1) is 0 Å². The molecule has 0 aromatic heterocycles. The van der Waals surface area contributed by atoms with Crippen LogP contribution in [0, 0.1) is 0 Å². The van der Waals surface area contributed by atoms with Gasteiger partial charge in [-0.05, 0) is 69.2 Å². The molecule has 0 bridgehead atoms. The van der Waals surface area contributed by atoms with Gasteiger partial charge in [-0.2, -0.15) is 0 Å². The van der Waals surface area contributed by atoms with E-state index in [2.05, 4.69) is 124 Å². The van der Waals surface area contributed by atoms with Crippen LogP contribution in [0.25, 0.3) is 11.1 Å². The van der Waals surface area contributed by atoms with Gasteiger partial charge >= 0.3 is 7.12 Å². The normalized spacial score (nSPS) is 16.4. The van der Waals surface area contributed by atoms with Crippen LogP contribution < -0.4 is 10.4 Å². The van der Waals surface area contributed by atoms with Gasteiger partial charge < -0.3 is 14.2 Å². The minimum atomic E-state index is -0.448. The molecular formula is C30H30BNO2. The van der Waals surface area contributed by atoms with Crippen molar-refractivity contribution in [2.45, 2.75) is 38.9 Å². The molecule has 1 saturated heterocycles. The van der Waals surface area contributed by atoms with E-state index >= 15 is 0 Å². The lowest BCUT2D eigenvalue weighted by molar-refractivity contribution is 0.00578. The molecule has 1 heterocycles. The van der Waals surface area contributed by atoms with Crippen molar-refractivity contribution >= 4 is 29.6 Å². The van der Waals surface area contributed by atoms with Crippen LogP contribution in [0.4, 0.5) is 17.1 Å². The highest BCUT2D eigenvalue weighted by atomic mass is 16.7. The van der Waals surface area contributed by atoms with Gasteiger partial charge in [0, 0.05) is 22.5 Å². The second kappa shape index (κ2) is 8.79. The van der Waals surface area contributed by atoms with Crippen molar-refractivity contribution in [3.8, 4) is 11.1 Å². The number of anilines is 3. The number of para-hydroxylation sites is 2. The van der Waals surface area contributed by atoms with E-state index in [9.17, 15) is 0 Å². The lowest BCUT2D eigenvalue weighted by Gasteiger charge is -2.32. The fourth-order valence-electron chi connectivity index (χ4n) is 4.30. The number of rotatable bonds is 5. The Morgan fingerprint density at radius 1 is 0.529 bits per heavy atom. The van der Waals surface area contributed by atoms with Crippen molar-refractivity contribution in [2.24, 2.45) is 0 Å². The van der Waals surface area contributed by atoms with Gasteiger partial charge in [0.2, 0.25) is 0 Å². The third kappa shape index (κ3) is 4.15. The summed E-state index contributed by atoms with van der Waals surface area (Å²) in [6.07, 6.45) is 0. The van der Waals surface area contributed by atoms with Gasteiger partial charge in [-0.25, -0.2) is 0 Å². The molecule has 3 nitrogen and oxygen atoms in total. The van der Waals surface area contributed by atoms with Crippen LogP contribution in [0.1, 0.15) is 27.7 Å². The molecule has 0 aliphatic carbocycles. The summed E-state index contributed by atoms with van der Waals surface area (Å²) in [5.74, 6) is 0. The van der Waals surface area contributed by atoms with E-state index in [0.29, 0.717) is 0 Å². The Kier molecular flexibility index (Phi) is 5.80. The Bertz CT molecular complexity index is 1240. The van der Waals surface area contributed by atoms with Gasteiger partial charge in [0.05, 0.1) is 11.2 Å². The maximum absolute atomic E-state index is 6.44. The van der Waals surface area contributed by atoms with Gasteiger partial charge in [0.1, 0.15) is 0 Å². The molecule has 34 heavy (non-hydrogen) atoms. The lowest BCUT2D eigenvalue weighted by Crippen LogP contribution is -2.41. The average molecular weight is 447 g/mol. The fourth-order valence-corrected chi connectivity index (χ4v) is 4.30. The van der Waals surface area contributed by atoms with Gasteiger partial charge in [-0.3, -0.25) is 0 Å². The van der Waals surface area contributed by atoms with Crippen molar-refractivity contribution < 1.29 is 9.31 Å². The minimum Gasteiger partial charge on any atom is -0.399 e. The summed E-state index contributed by atoms with van der Waals surface area (Å²) in [6.45, 7) is 8.36. The van der Waals surface area contributed by atoms with Crippen LogP contribution in [0.15, 0.2) is 109 Å². The Morgan fingerprint density at radius 2 is 1.00 bits per heavy atom. The quantitative estimate of drug-likeness (QED) is 0.304. The van der Waals surface area contributed by atoms with Crippen molar-refractivity contribution in [3.05, 3.63) is 109 Å². The second-order valence-electron chi connectivity index (χ2n) is 9.73. The molecule has 5 rings (SSSR count). The van der Waals surface area contributed by atoms with E-state index in [-0.39, 0.29) is 0 Å². The third-order valence-electron chi connectivity index (χ3n) is 6.93. The number of hydrogen-bond donors (Lipinski definition) is 0. The van der Waals surface area contributed by atoms with Gasteiger partial charge in [0.25, 0.3) is 0 Å². The Morgan fingerprint density at radius 3 is 1.62 bits per heavy atom. The summed E-state index contributed by atoms with van der Waals surface area (Å²) in [5, 5.41) is 0. The maximum Gasteiger partial charge on any atom is 0.496 e. The Labute approximate surface area is 203 Å². The molecule has 4 aromatic carbocycles. The summed E-state index contributed by atoms with van der Waals surface area (Å²) >= 11 is 0. The first-order valence-corrected chi connectivity index (χ1v) is 11.8. The third-order valence-corrected chi connectivity index (χ3v) is 6.93. The predicted molar refractivity (Wildman–Crippen MR) is 142 cm³/mol. The van der Waals surface area contributed by atoms with Crippen molar-refractivity contribution in [2.75, 3.05) is 4.90 Å². The second-order valence-corrected chi connectivity index (χ2v) is 9.73. The minimum absolute atomic E-state index is 0.403. The topological polar surface area (TPSA) is 21.7 Å². The number of hydrogen-bond acceptors (Lipinski definition) is 3. The smallest absolute Gasteiger partial charge is 0.399 e. The first-order valence-electron chi connectivity index (χ1n) is 11.8. The zero-order valence-electron chi connectivity index (χ0n) is 20.2. The summed E-state index contributed by atoms with van der Waals surface area (Å²) in [6, 6.07) is 38.0. The van der Waals surface area contributed by atoms with E-state index < -0.39 is 18.3 Å². The maximum atomic E-state index is 6.44. The highest BCUT2D eigenvalue weighted by Crippen LogP contribution is 2.39. The van der Waals surface area contributed by atoms with E-state index in [0.717, 1.165) is 22.5 Å². The van der Waals surface area contributed by atoms with E-state index in [1.165, 1.54) is 11.1 Å². The first-order chi connectivity index (χ1) is 16.4. The fraction of sp³-hybridized carbons (Fsp3) is 0.200. The summed E-state index contributed by atoms with van der Waals surface area (Å²) in [5.41, 5.74) is 5.81. The molecule has 1 aliphatic rings. The van der Waals surface area contributed by atoms with E-state index in [1.807, 2.05) is 18.2 Å². The molecule has 0 unspecified atom stereocenters. The molecule has 0 radical (unpaired) electrons. The van der Waals surface area contributed by atoms with Gasteiger partial charge in [-0.1, -0.05) is 78.9 Å². The zero-order chi connectivity index (χ0) is 23.8. The van der Waals surface area contributed by atoms with Gasteiger partial charge in [0.15, 0.2) is 0 Å². The zero-order valence-corrected chi connectivity index (χ0v) is 20.2. The molecule has 170 valence electrons. The standard InChI is InChI=1S/C30H30BNO2/c1-29(2)30(3,4)34-31(33-29)27-17-11-12-18-28(27)32(25-15-9-6-10-16-25)26-21-19-24(20-22-26)23-13-7-5-8-14-23/h5-22H,1-4H3. The largest absolute Gasteiger partial charge is 0.496 e.